The van der Waals surface area contributed by atoms with E-state index in [-0.39, 0.29) is 23.7 Å². The number of hydrogen-bond acceptors (Lipinski definition) is 5. The summed E-state index contributed by atoms with van der Waals surface area (Å²) in [5.41, 5.74) is 1.62. The summed E-state index contributed by atoms with van der Waals surface area (Å²) in [6, 6.07) is 7.30. The smallest absolute Gasteiger partial charge is 0.325 e. The highest BCUT2D eigenvalue weighted by molar-refractivity contribution is 7.99. The molecule has 1 unspecified atom stereocenters. The molecule has 124 valence electrons. The molecule has 0 aliphatic carbocycles. The van der Waals surface area contributed by atoms with E-state index in [2.05, 4.69) is 5.32 Å². The zero-order valence-electron chi connectivity index (χ0n) is 13.2. The topological polar surface area (TPSA) is 75.7 Å². The minimum absolute atomic E-state index is 0.0439. The molecule has 1 atom stereocenters. The monoisotopic (exact) mass is 336 g/mol. The van der Waals surface area contributed by atoms with Crippen molar-refractivity contribution < 1.29 is 19.1 Å². The second kappa shape index (κ2) is 8.01. The first-order chi connectivity index (χ1) is 11.0. The maximum absolute atomic E-state index is 12.2. The molecule has 6 nitrogen and oxygen atoms in total. The normalized spacial score (nSPS) is 17.7. The quantitative estimate of drug-likeness (QED) is 0.834. The van der Waals surface area contributed by atoms with E-state index >= 15 is 0 Å². The summed E-state index contributed by atoms with van der Waals surface area (Å²) in [7, 11) is 0. The van der Waals surface area contributed by atoms with Crippen LogP contribution in [0.25, 0.3) is 0 Å². The molecule has 0 aromatic heterocycles. The Labute approximate surface area is 139 Å². The lowest BCUT2D eigenvalue weighted by atomic mass is 10.1. The Morgan fingerprint density at radius 1 is 1.35 bits per heavy atom. The Balaban J connectivity index is 2.15. The highest BCUT2D eigenvalue weighted by Gasteiger charge is 2.31. The average Bonchev–Trinajstić information content (AvgIpc) is 2.50. The van der Waals surface area contributed by atoms with Gasteiger partial charge in [0.15, 0.2) is 0 Å². The van der Waals surface area contributed by atoms with Crippen LogP contribution in [0.5, 0.6) is 0 Å². The van der Waals surface area contributed by atoms with Gasteiger partial charge in [0.2, 0.25) is 11.8 Å². The van der Waals surface area contributed by atoms with Gasteiger partial charge in [-0.25, -0.2) is 0 Å². The van der Waals surface area contributed by atoms with Gasteiger partial charge in [-0.05, 0) is 24.6 Å². The Morgan fingerprint density at radius 3 is 2.65 bits per heavy atom. The molecule has 2 amide bonds. The number of nitrogens with zero attached hydrogens (tertiary/aromatic N) is 1. The van der Waals surface area contributed by atoms with Crippen LogP contribution in [0.4, 0.5) is 5.69 Å². The highest BCUT2D eigenvalue weighted by atomic mass is 32.2. The van der Waals surface area contributed by atoms with Crippen molar-refractivity contribution in [3.05, 3.63) is 29.8 Å². The molecule has 1 N–H and O–H groups in total. The number of carbonyl (C=O) groups is 3. The van der Waals surface area contributed by atoms with Gasteiger partial charge in [-0.1, -0.05) is 12.1 Å². The number of nitrogens with one attached hydrogen (secondary N) is 1. The molecule has 0 radical (unpaired) electrons. The predicted octanol–water partition coefficient (Wildman–Crippen LogP) is 2.17. The van der Waals surface area contributed by atoms with E-state index in [1.807, 2.05) is 12.1 Å². The number of amides is 2. The van der Waals surface area contributed by atoms with Crippen LogP contribution in [0.15, 0.2) is 24.3 Å². The fraction of sp³-hybridized carbons (Fsp3) is 0.438. The molecule has 0 saturated carbocycles. The van der Waals surface area contributed by atoms with Gasteiger partial charge in [0.05, 0.1) is 6.61 Å². The number of thioether (sulfide) groups is 1. The fourth-order valence-electron chi connectivity index (χ4n) is 2.35. The number of carbonyl (C=O) groups excluding carboxylic acids is 3. The molecule has 0 spiro atoms. The maximum Gasteiger partial charge on any atom is 0.325 e. The summed E-state index contributed by atoms with van der Waals surface area (Å²) in [5, 5.41) is 2.49. The van der Waals surface area contributed by atoms with E-state index in [4.69, 9.17) is 4.74 Å². The summed E-state index contributed by atoms with van der Waals surface area (Å²) in [4.78, 5) is 36.5. The van der Waals surface area contributed by atoms with E-state index in [1.54, 1.807) is 35.7 Å². The molecule has 1 aliphatic heterocycles. The van der Waals surface area contributed by atoms with Crippen molar-refractivity contribution in [2.45, 2.75) is 25.6 Å². The molecular formula is C16H20N2O4S. The van der Waals surface area contributed by atoms with Crippen molar-refractivity contribution in [1.82, 2.24) is 4.90 Å². The molecular weight excluding hydrogens is 316 g/mol. The second-order valence-electron chi connectivity index (χ2n) is 5.10. The summed E-state index contributed by atoms with van der Waals surface area (Å²) in [6.07, 6.45) is 0.421. The predicted molar refractivity (Wildman–Crippen MR) is 88.9 cm³/mol. The molecule has 2 rings (SSSR count). The second-order valence-corrected chi connectivity index (χ2v) is 6.29. The standard InChI is InChI=1S/C16H20N2O4S/c1-3-22-15(21)10-18-14(20)8-9-23-16(18)12-4-6-13(7-5-12)17-11(2)19/h4-7,16H,3,8-10H2,1-2H3,(H,17,19). The van der Waals surface area contributed by atoms with Crippen molar-refractivity contribution >= 4 is 35.2 Å². The number of hydrogen-bond donors (Lipinski definition) is 1. The Bertz CT molecular complexity index is 588. The van der Waals surface area contributed by atoms with Crippen LogP contribution in [0.3, 0.4) is 0 Å². The SMILES string of the molecule is CCOC(=O)CN1C(=O)CCSC1c1ccc(NC(C)=O)cc1. The lowest BCUT2D eigenvalue weighted by Crippen LogP contribution is -2.41. The lowest BCUT2D eigenvalue weighted by molar-refractivity contribution is -0.149. The number of benzene rings is 1. The first-order valence-corrected chi connectivity index (χ1v) is 8.50. The third-order valence-electron chi connectivity index (χ3n) is 3.32. The van der Waals surface area contributed by atoms with Gasteiger partial charge in [0, 0.05) is 24.8 Å². The van der Waals surface area contributed by atoms with Crippen LogP contribution in [-0.2, 0) is 19.1 Å². The van der Waals surface area contributed by atoms with Gasteiger partial charge < -0.3 is 15.0 Å². The van der Waals surface area contributed by atoms with Crippen LogP contribution in [0, 0.1) is 0 Å². The first kappa shape index (κ1) is 17.3. The van der Waals surface area contributed by atoms with Gasteiger partial charge >= 0.3 is 5.97 Å². The van der Waals surface area contributed by atoms with Crippen LogP contribution < -0.4 is 5.32 Å². The van der Waals surface area contributed by atoms with E-state index in [0.717, 1.165) is 11.3 Å². The fourth-order valence-corrected chi connectivity index (χ4v) is 3.59. The third-order valence-corrected chi connectivity index (χ3v) is 4.60. The molecule has 1 heterocycles. The van der Waals surface area contributed by atoms with Gasteiger partial charge in [-0.3, -0.25) is 14.4 Å². The summed E-state index contributed by atoms with van der Waals surface area (Å²) in [6.45, 7) is 3.44. The van der Waals surface area contributed by atoms with Crippen molar-refractivity contribution in [3.63, 3.8) is 0 Å². The zero-order valence-corrected chi connectivity index (χ0v) is 14.0. The van der Waals surface area contributed by atoms with Gasteiger partial charge in [-0.15, -0.1) is 11.8 Å². The Kier molecular flexibility index (Phi) is 6.04. The molecule has 1 saturated heterocycles. The number of ether oxygens (including phenoxy) is 1. The minimum atomic E-state index is -0.400. The molecule has 1 aromatic rings. The van der Waals surface area contributed by atoms with E-state index in [0.29, 0.717) is 18.7 Å². The summed E-state index contributed by atoms with van der Waals surface area (Å²) >= 11 is 1.62. The maximum atomic E-state index is 12.2. The molecule has 7 heteroatoms. The van der Waals surface area contributed by atoms with E-state index in [1.165, 1.54) is 6.92 Å². The first-order valence-electron chi connectivity index (χ1n) is 7.45. The molecule has 23 heavy (non-hydrogen) atoms. The van der Waals surface area contributed by atoms with Crippen LogP contribution >= 0.6 is 11.8 Å². The number of anilines is 1. The zero-order chi connectivity index (χ0) is 16.8. The average molecular weight is 336 g/mol. The molecule has 0 bridgehead atoms. The van der Waals surface area contributed by atoms with Crippen LogP contribution in [0.1, 0.15) is 31.2 Å². The number of esters is 1. The van der Waals surface area contributed by atoms with E-state index in [9.17, 15) is 14.4 Å². The van der Waals surface area contributed by atoms with Crippen LogP contribution in [-0.4, -0.2) is 41.6 Å². The van der Waals surface area contributed by atoms with Crippen molar-refractivity contribution in [2.75, 3.05) is 24.2 Å². The highest BCUT2D eigenvalue weighted by Crippen LogP contribution is 2.37. The lowest BCUT2D eigenvalue weighted by Gasteiger charge is -2.34. The minimum Gasteiger partial charge on any atom is -0.465 e. The molecule has 1 aliphatic rings. The van der Waals surface area contributed by atoms with Crippen molar-refractivity contribution in [3.8, 4) is 0 Å². The Morgan fingerprint density at radius 2 is 2.04 bits per heavy atom. The van der Waals surface area contributed by atoms with Gasteiger partial charge in [-0.2, -0.15) is 0 Å². The number of rotatable bonds is 5. The van der Waals surface area contributed by atoms with Gasteiger partial charge in [0.1, 0.15) is 11.9 Å². The molecule has 1 fully saturated rings. The van der Waals surface area contributed by atoms with E-state index < -0.39 is 5.97 Å². The Hall–Kier alpha value is -2.02. The summed E-state index contributed by atoms with van der Waals surface area (Å²) < 4.78 is 4.95. The van der Waals surface area contributed by atoms with Crippen molar-refractivity contribution in [1.29, 1.82) is 0 Å². The van der Waals surface area contributed by atoms with Gasteiger partial charge in [0.25, 0.3) is 0 Å². The third kappa shape index (κ3) is 4.72. The van der Waals surface area contributed by atoms with Crippen LogP contribution in [0.2, 0.25) is 0 Å². The molecule has 1 aromatic carbocycles. The van der Waals surface area contributed by atoms with Crippen molar-refractivity contribution in [2.24, 2.45) is 0 Å². The largest absolute Gasteiger partial charge is 0.465 e. The summed E-state index contributed by atoms with van der Waals surface area (Å²) in [5.74, 6) is 0.135.